The van der Waals surface area contributed by atoms with Crippen LogP contribution in [-0.4, -0.2) is 30.9 Å². The highest BCUT2D eigenvalue weighted by atomic mass is 16.5. The van der Waals surface area contributed by atoms with Crippen molar-refractivity contribution in [2.75, 3.05) is 13.2 Å². The van der Waals surface area contributed by atoms with E-state index in [9.17, 15) is 9.59 Å². The smallest absolute Gasteiger partial charge is 0.319 e. The predicted molar refractivity (Wildman–Crippen MR) is 68.0 cm³/mol. The van der Waals surface area contributed by atoms with E-state index in [4.69, 9.17) is 4.74 Å². The van der Waals surface area contributed by atoms with Gasteiger partial charge in [0.2, 0.25) is 0 Å². The predicted octanol–water partition coefficient (Wildman–Crippen LogP) is 1.45. The van der Waals surface area contributed by atoms with E-state index in [0.717, 1.165) is 12.8 Å². The number of hydrogen-bond donors (Lipinski definition) is 1. The van der Waals surface area contributed by atoms with E-state index >= 15 is 0 Å². The second-order valence-electron chi connectivity index (χ2n) is 5.15. The molecule has 2 aliphatic carbocycles. The van der Waals surface area contributed by atoms with E-state index in [1.165, 1.54) is 0 Å². The maximum atomic E-state index is 12.4. The number of ether oxygens (including phenoxy) is 1. The van der Waals surface area contributed by atoms with Crippen LogP contribution in [0.3, 0.4) is 0 Å². The zero-order chi connectivity index (χ0) is 13.2. The average Bonchev–Trinajstić information content (AvgIpc) is 2.59. The van der Waals surface area contributed by atoms with Crippen LogP contribution < -0.4 is 5.32 Å². The summed E-state index contributed by atoms with van der Waals surface area (Å²) in [5, 5.41) is 3.33. The van der Waals surface area contributed by atoms with Crippen molar-refractivity contribution in [3.8, 4) is 0 Å². The number of esters is 1. The maximum absolute atomic E-state index is 12.4. The third kappa shape index (κ3) is 1.99. The molecule has 100 valence electrons. The molecule has 0 amide bonds. The summed E-state index contributed by atoms with van der Waals surface area (Å²) in [7, 11) is 0. The lowest BCUT2D eigenvalue weighted by Gasteiger charge is -2.34. The molecule has 0 aromatic heterocycles. The lowest BCUT2D eigenvalue weighted by atomic mass is 9.72. The largest absolute Gasteiger partial charge is 0.465 e. The summed E-state index contributed by atoms with van der Waals surface area (Å²) < 4.78 is 5.09. The second-order valence-corrected chi connectivity index (χ2v) is 5.15. The van der Waals surface area contributed by atoms with E-state index in [1.807, 2.05) is 0 Å². The first-order valence-corrected chi connectivity index (χ1v) is 6.71. The molecule has 0 aliphatic heterocycles. The van der Waals surface area contributed by atoms with Crippen LogP contribution in [0, 0.1) is 11.3 Å². The quantitative estimate of drug-likeness (QED) is 0.456. The first kappa shape index (κ1) is 13.3. The summed E-state index contributed by atoms with van der Waals surface area (Å²) in [5.41, 5.74) is -0.826. The minimum absolute atomic E-state index is 0.0249. The number of rotatable bonds is 5. The Bertz CT molecular complexity index is 366. The summed E-state index contributed by atoms with van der Waals surface area (Å²) >= 11 is 0. The molecular formula is C14H21NO3. The molecule has 0 heterocycles. The van der Waals surface area contributed by atoms with Crippen molar-refractivity contribution >= 4 is 11.8 Å². The topological polar surface area (TPSA) is 55.4 Å². The molecule has 3 atom stereocenters. The normalized spacial score (nSPS) is 34.4. The number of carbonyl (C=O) groups excluding carboxylic acids is 2. The van der Waals surface area contributed by atoms with E-state index in [-0.39, 0.29) is 23.7 Å². The number of carbonyl (C=O) groups is 2. The first-order chi connectivity index (χ1) is 8.65. The van der Waals surface area contributed by atoms with Crippen molar-refractivity contribution in [1.82, 2.24) is 5.32 Å². The van der Waals surface area contributed by atoms with Gasteiger partial charge >= 0.3 is 5.97 Å². The Balaban J connectivity index is 2.10. The second kappa shape index (κ2) is 5.22. The molecule has 18 heavy (non-hydrogen) atoms. The van der Waals surface area contributed by atoms with Crippen LogP contribution >= 0.6 is 0 Å². The summed E-state index contributed by atoms with van der Waals surface area (Å²) in [4.78, 5) is 24.5. The summed E-state index contributed by atoms with van der Waals surface area (Å²) in [5.74, 6) is -0.239. The van der Waals surface area contributed by atoms with E-state index < -0.39 is 5.41 Å². The molecule has 2 bridgehead atoms. The lowest BCUT2D eigenvalue weighted by molar-refractivity contribution is -0.161. The van der Waals surface area contributed by atoms with Gasteiger partial charge in [-0.1, -0.05) is 6.08 Å². The molecule has 4 heteroatoms. The van der Waals surface area contributed by atoms with Gasteiger partial charge < -0.3 is 10.1 Å². The molecule has 1 N–H and O–H groups in total. The minimum Gasteiger partial charge on any atom is -0.465 e. The molecular weight excluding hydrogens is 230 g/mol. The van der Waals surface area contributed by atoms with Crippen molar-refractivity contribution in [3.05, 3.63) is 12.7 Å². The van der Waals surface area contributed by atoms with Crippen LogP contribution in [0.2, 0.25) is 0 Å². The van der Waals surface area contributed by atoms with Crippen LogP contribution in [-0.2, 0) is 14.3 Å². The zero-order valence-electron chi connectivity index (χ0n) is 10.9. The van der Waals surface area contributed by atoms with Crippen LogP contribution in [0.5, 0.6) is 0 Å². The highest BCUT2D eigenvalue weighted by Gasteiger charge is 2.58. The van der Waals surface area contributed by atoms with Gasteiger partial charge in [0.15, 0.2) is 5.78 Å². The van der Waals surface area contributed by atoms with E-state index in [1.54, 1.807) is 13.0 Å². The summed E-state index contributed by atoms with van der Waals surface area (Å²) in [6.45, 7) is 6.50. The number of Topliss-reactive ketones (excluding diaryl/α,β-unsaturated/α-hetero) is 1. The Morgan fingerprint density at radius 1 is 1.56 bits per heavy atom. The highest BCUT2D eigenvalue weighted by molar-refractivity contribution is 6.07. The molecule has 2 rings (SSSR count). The third-order valence-corrected chi connectivity index (χ3v) is 4.25. The number of hydrogen-bond acceptors (Lipinski definition) is 4. The molecule has 0 aromatic carbocycles. The summed E-state index contributed by atoms with van der Waals surface area (Å²) in [6.07, 6.45) is 4.74. The Morgan fingerprint density at radius 2 is 2.28 bits per heavy atom. The Labute approximate surface area is 108 Å². The fourth-order valence-electron chi connectivity index (χ4n) is 3.30. The number of nitrogens with one attached hydrogen (secondary N) is 1. The van der Waals surface area contributed by atoms with Crippen molar-refractivity contribution in [3.63, 3.8) is 0 Å². The molecule has 0 radical (unpaired) electrons. The van der Waals surface area contributed by atoms with Gasteiger partial charge in [0, 0.05) is 18.5 Å². The van der Waals surface area contributed by atoms with Crippen LogP contribution in [0.4, 0.5) is 0 Å². The molecule has 0 aromatic rings. The van der Waals surface area contributed by atoms with E-state index in [0.29, 0.717) is 26.0 Å². The van der Waals surface area contributed by atoms with Crippen molar-refractivity contribution < 1.29 is 14.3 Å². The van der Waals surface area contributed by atoms with Gasteiger partial charge in [0.05, 0.1) is 6.61 Å². The third-order valence-electron chi connectivity index (χ3n) is 4.25. The molecule has 2 fully saturated rings. The van der Waals surface area contributed by atoms with Crippen molar-refractivity contribution in [2.24, 2.45) is 11.3 Å². The van der Waals surface area contributed by atoms with Gasteiger partial charge in [-0.2, -0.15) is 0 Å². The van der Waals surface area contributed by atoms with Gasteiger partial charge in [-0.05, 0) is 32.6 Å². The fourth-order valence-corrected chi connectivity index (χ4v) is 3.30. The van der Waals surface area contributed by atoms with Gasteiger partial charge in [-0.3, -0.25) is 9.59 Å². The SMILES string of the molecule is C=CCNC1CCC2(C(=O)OCC)CCC1C2=O. The number of fused-ring (bicyclic) bond motifs is 2. The van der Waals surface area contributed by atoms with Crippen LogP contribution in [0.15, 0.2) is 12.7 Å². The molecule has 4 nitrogen and oxygen atoms in total. The average molecular weight is 251 g/mol. The van der Waals surface area contributed by atoms with E-state index in [2.05, 4.69) is 11.9 Å². The standard InChI is InChI=1S/C14H21NO3/c1-3-9-15-11-6-8-14(13(17)18-4-2)7-5-10(11)12(14)16/h3,10-11,15H,1,4-9H2,2H3. The van der Waals surface area contributed by atoms with Gasteiger partial charge in [-0.25, -0.2) is 0 Å². The van der Waals surface area contributed by atoms with Crippen molar-refractivity contribution in [2.45, 2.75) is 38.6 Å². The Morgan fingerprint density at radius 3 is 2.94 bits per heavy atom. The summed E-state index contributed by atoms with van der Waals surface area (Å²) in [6, 6.07) is 0.195. The van der Waals surface area contributed by atoms with Crippen molar-refractivity contribution in [1.29, 1.82) is 0 Å². The first-order valence-electron chi connectivity index (χ1n) is 6.71. The Kier molecular flexibility index (Phi) is 3.85. The lowest BCUT2D eigenvalue weighted by Crippen LogP contribution is -2.49. The van der Waals surface area contributed by atoms with Gasteiger partial charge in [-0.15, -0.1) is 6.58 Å². The molecule has 0 spiro atoms. The molecule has 3 unspecified atom stereocenters. The van der Waals surface area contributed by atoms with Gasteiger partial charge in [0.25, 0.3) is 0 Å². The monoisotopic (exact) mass is 251 g/mol. The fraction of sp³-hybridized carbons (Fsp3) is 0.714. The van der Waals surface area contributed by atoms with Crippen LogP contribution in [0.1, 0.15) is 32.6 Å². The molecule has 0 saturated heterocycles. The molecule has 2 aliphatic rings. The highest BCUT2D eigenvalue weighted by Crippen LogP contribution is 2.49. The number of ketones is 1. The zero-order valence-corrected chi connectivity index (χ0v) is 10.9. The van der Waals surface area contributed by atoms with Gasteiger partial charge in [0.1, 0.15) is 5.41 Å². The maximum Gasteiger partial charge on any atom is 0.319 e. The minimum atomic E-state index is -0.826. The molecule has 2 saturated carbocycles. The van der Waals surface area contributed by atoms with Crippen LogP contribution in [0.25, 0.3) is 0 Å². The Hall–Kier alpha value is -1.16.